The molecule has 0 aliphatic rings. The second-order valence-corrected chi connectivity index (χ2v) is 8.58. The van der Waals surface area contributed by atoms with Crippen molar-refractivity contribution in [2.45, 2.75) is 52.6 Å². The van der Waals surface area contributed by atoms with Crippen molar-refractivity contribution < 1.29 is 18.7 Å². The Morgan fingerprint density at radius 1 is 1.12 bits per heavy atom. The van der Waals surface area contributed by atoms with Crippen molar-refractivity contribution in [3.63, 3.8) is 0 Å². The van der Waals surface area contributed by atoms with E-state index in [2.05, 4.69) is 11.6 Å². The van der Waals surface area contributed by atoms with E-state index in [0.29, 0.717) is 42.1 Å². The summed E-state index contributed by atoms with van der Waals surface area (Å²) < 4.78 is 29.0. The van der Waals surface area contributed by atoms with Gasteiger partial charge in [-0.3, -0.25) is 4.79 Å². The van der Waals surface area contributed by atoms with E-state index in [1.54, 1.807) is 37.4 Å². The zero-order valence-electron chi connectivity index (χ0n) is 19.9. The molecule has 0 aliphatic heterocycles. The van der Waals surface area contributed by atoms with Gasteiger partial charge in [-0.2, -0.15) is 0 Å². The van der Waals surface area contributed by atoms with Gasteiger partial charge in [0.05, 0.1) is 6.61 Å². The van der Waals surface area contributed by atoms with Crippen molar-refractivity contribution >= 4 is 23.5 Å². The maximum absolute atomic E-state index is 14.8. The van der Waals surface area contributed by atoms with Gasteiger partial charge in [-0.1, -0.05) is 18.9 Å². The molecule has 0 bridgehead atoms. The third-order valence-electron chi connectivity index (χ3n) is 5.31. The van der Waals surface area contributed by atoms with Crippen molar-refractivity contribution in [1.29, 1.82) is 0 Å². The first-order valence-electron chi connectivity index (χ1n) is 11.0. The summed E-state index contributed by atoms with van der Waals surface area (Å²) >= 11 is 1.44. The van der Waals surface area contributed by atoms with Crippen LogP contribution in [0.2, 0.25) is 0 Å². The minimum Gasteiger partial charge on any atom is -0.493 e. The average Bonchev–Trinajstić information content (AvgIpc) is 2.77. The molecule has 0 heterocycles. The van der Waals surface area contributed by atoms with Gasteiger partial charge in [0.2, 0.25) is 0 Å². The van der Waals surface area contributed by atoms with Crippen LogP contribution < -0.4 is 9.46 Å². The molecule has 2 rings (SSSR count). The molecule has 0 spiro atoms. The fraction of sp³-hybridized carbons (Fsp3) is 0.480. The van der Waals surface area contributed by atoms with Gasteiger partial charge in [0.25, 0.3) is 5.91 Å². The van der Waals surface area contributed by atoms with Crippen molar-refractivity contribution in [2.24, 2.45) is 0 Å². The summed E-state index contributed by atoms with van der Waals surface area (Å²) in [5.74, 6) is 0.0850. The van der Waals surface area contributed by atoms with Crippen molar-refractivity contribution in [3.8, 4) is 16.9 Å². The summed E-state index contributed by atoms with van der Waals surface area (Å²) in [5.41, 5.74) is 2.36. The Labute approximate surface area is 195 Å². The van der Waals surface area contributed by atoms with Crippen LogP contribution in [0.25, 0.3) is 11.1 Å². The van der Waals surface area contributed by atoms with Gasteiger partial charge in [0.15, 0.2) is 0 Å². The van der Waals surface area contributed by atoms with Gasteiger partial charge in [0.1, 0.15) is 11.6 Å². The summed E-state index contributed by atoms with van der Waals surface area (Å²) in [6.07, 6.45) is 3.46. The Morgan fingerprint density at radius 3 is 2.50 bits per heavy atom. The lowest BCUT2D eigenvalue weighted by Gasteiger charge is -2.32. The number of benzene rings is 2. The number of hydrogen-bond acceptors (Lipinski definition) is 5. The number of nitrogens with one attached hydrogen (secondary N) is 1. The highest BCUT2D eigenvalue weighted by Crippen LogP contribution is 2.35. The zero-order chi connectivity index (χ0) is 23.7. The van der Waals surface area contributed by atoms with Crippen LogP contribution in [0, 0.1) is 5.82 Å². The molecule has 1 atom stereocenters. The highest BCUT2D eigenvalue weighted by Gasteiger charge is 2.24. The van der Waals surface area contributed by atoms with Crippen molar-refractivity contribution in [2.75, 3.05) is 31.3 Å². The molecule has 0 unspecified atom stereocenters. The molecule has 176 valence electrons. The van der Waals surface area contributed by atoms with Crippen LogP contribution in [-0.2, 0) is 4.74 Å². The lowest BCUT2D eigenvalue weighted by atomic mass is 10.00. The van der Waals surface area contributed by atoms with Crippen LogP contribution in [0.15, 0.2) is 36.4 Å². The number of rotatable bonds is 12. The molecule has 2 aromatic carbocycles. The Bertz CT molecular complexity index is 891. The number of carbonyl (C=O) groups excluding carboxylic acids is 1. The third-order valence-corrected chi connectivity index (χ3v) is 5.75. The molecule has 0 saturated carbocycles. The van der Waals surface area contributed by atoms with Gasteiger partial charge in [-0.05, 0) is 63.6 Å². The molecule has 0 aromatic heterocycles. The maximum Gasteiger partial charge on any atom is 0.254 e. The molecule has 0 saturated heterocycles. The van der Waals surface area contributed by atoms with E-state index in [9.17, 15) is 9.18 Å². The van der Waals surface area contributed by atoms with Gasteiger partial charge >= 0.3 is 0 Å². The predicted octanol–water partition coefficient (Wildman–Crippen LogP) is 6.25. The molecule has 32 heavy (non-hydrogen) atoms. The SMILES string of the molecule is CC[C@@H](C)N(C(=O)c1ccc(-c2cc(NSC)ccc2F)c(OCCCOC)c1)C(C)C. The fourth-order valence-electron chi connectivity index (χ4n) is 3.59. The molecule has 1 N–H and O–H groups in total. The maximum atomic E-state index is 14.8. The number of nitrogens with zero attached hydrogens (tertiary/aromatic N) is 1. The second kappa shape index (κ2) is 12.7. The molecule has 0 aliphatic carbocycles. The molecule has 1 amide bonds. The van der Waals surface area contributed by atoms with Crippen molar-refractivity contribution in [3.05, 3.63) is 47.8 Å². The summed E-state index contributed by atoms with van der Waals surface area (Å²) in [4.78, 5) is 15.2. The number of amides is 1. The van der Waals surface area contributed by atoms with Gasteiger partial charge < -0.3 is 19.1 Å². The summed E-state index contributed by atoms with van der Waals surface area (Å²) in [7, 11) is 1.64. The molecule has 5 nitrogen and oxygen atoms in total. The number of ether oxygens (including phenoxy) is 2. The van der Waals surface area contributed by atoms with E-state index in [4.69, 9.17) is 9.47 Å². The fourth-order valence-corrected chi connectivity index (χ4v) is 3.95. The molecule has 7 heteroatoms. The van der Waals surface area contributed by atoms with Gasteiger partial charge in [-0.15, -0.1) is 0 Å². The highest BCUT2D eigenvalue weighted by molar-refractivity contribution is 7.99. The minimum absolute atomic E-state index is 0.0547. The Morgan fingerprint density at radius 2 is 1.88 bits per heavy atom. The minimum atomic E-state index is -0.346. The Hall–Kier alpha value is -2.25. The Balaban J connectivity index is 2.49. The number of hydrogen-bond donors (Lipinski definition) is 1. The number of anilines is 1. The van der Waals surface area contributed by atoms with E-state index >= 15 is 0 Å². The van der Waals surface area contributed by atoms with E-state index in [1.807, 2.05) is 31.9 Å². The highest BCUT2D eigenvalue weighted by atomic mass is 32.2. The van der Waals surface area contributed by atoms with E-state index in [-0.39, 0.29) is 23.8 Å². The van der Waals surface area contributed by atoms with Crippen LogP contribution in [0.4, 0.5) is 10.1 Å². The third kappa shape index (κ3) is 6.62. The van der Waals surface area contributed by atoms with Crippen LogP contribution in [0.3, 0.4) is 0 Å². The van der Waals surface area contributed by atoms with Crippen LogP contribution in [0.1, 0.15) is 50.9 Å². The summed E-state index contributed by atoms with van der Waals surface area (Å²) in [6, 6.07) is 10.3. The second-order valence-electron chi connectivity index (χ2n) is 7.97. The molecule has 0 fully saturated rings. The normalized spacial score (nSPS) is 12.0. The molecule has 2 aromatic rings. The van der Waals surface area contributed by atoms with Gasteiger partial charge in [-0.25, -0.2) is 4.39 Å². The standard InChI is InChI=1S/C25H35FN2O3S/c1-7-18(4)28(17(2)3)25(29)19-9-11-21(24(15-19)31-14-8-13-30-5)22-16-20(27-32-6)10-12-23(22)26/h9-12,15-18,27H,7-8,13-14H2,1-6H3/t18-/m1/s1. The molecular formula is C25H35FN2O3S. The topological polar surface area (TPSA) is 50.8 Å². The summed E-state index contributed by atoms with van der Waals surface area (Å²) in [5, 5.41) is 0. The number of halogens is 1. The monoisotopic (exact) mass is 462 g/mol. The first-order valence-corrected chi connectivity index (χ1v) is 12.2. The largest absolute Gasteiger partial charge is 0.493 e. The quantitative estimate of drug-likeness (QED) is 0.299. The summed E-state index contributed by atoms with van der Waals surface area (Å²) in [6.45, 7) is 9.11. The average molecular weight is 463 g/mol. The molecular weight excluding hydrogens is 427 g/mol. The van der Waals surface area contributed by atoms with E-state index in [0.717, 1.165) is 12.1 Å². The van der Waals surface area contributed by atoms with E-state index in [1.165, 1.54) is 18.0 Å². The van der Waals surface area contributed by atoms with Crippen LogP contribution >= 0.6 is 11.9 Å². The van der Waals surface area contributed by atoms with Crippen LogP contribution in [-0.4, -0.2) is 49.5 Å². The number of carbonyl (C=O) groups is 1. The lowest BCUT2D eigenvalue weighted by molar-refractivity contribution is 0.0621. The van der Waals surface area contributed by atoms with Crippen molar-refractivity contribution in [1.82, 2.24) is 4.90 Å². The predicted molar refractivity (Wildman–Crippen MR) is 132 cm³/mol. The lowest BCUT2D eigenvalue weighted by Crippen LogP contribution is -2.43. The zero-order valence-corrected chi connectivity index (χ0v) is 20.7. The Kier molecular flexibility index (Phi) is 10.3. The van der Waals surface area contributed by atoms with E-state index < -0.39 is 0 Å². The van der Waals surface area contributed by atoms with Crippen LogP contribution in [0.5, 0.6) is 5.75 Å². The first kappa shape index (κ1) is 26.0. The smallest absolute Gasteiger partial charge is 0.254 e. The number of methoxy groups -OCH3 is 1. The molecule has 0 radical (unpaired) electrons. The first-order chi connectivity index (χ1) is 15.3. The van der Waals surface area contributed by atoms with Gasteiger partial charge in [0, 0.05) is 60.9 Å².